The maximum Gasteiger partial charge on any atom is 0.238 e. The Bertz CT molecular complexity index is 381. The Morgan fingerprint density at radius 3 is 2.08 bits per heavy atom. The topological polar surface area (TPSA) is 87.8 Å². The molecule has 1 rings (SSSR count). The molecule has 4 nitrogen and oxygen atoms in total. The first kappa shape index (κ1) is 10.2. The molecule has 1 aromatic rings. The first-order valence-corrected chi connectivity index (χ1v) is 5.42. The summed E-state index contributed by atoms with van der Waals surface area (Å²) >= 11 is 0. The second-order valence-corrected chi connectivity index (χ2v) is 4.58. The number of rotatable bonds is 2. The molecule has 5 N–H and O–H groups in total. The lowest BCUT2D eigenvalue weighted by Crippen LogP contribution is -2.51. The van der Waals surface area contributed by atoms with Crippen LogP contribution in [0.4, 0.5) is 0 Å². The van der Waals surface area contributed by atoms with Gasteiger partial charge in [0.15, 0.2) is 0 Å². The monoisotopic (exact) mass is 201 g/mol. The molecule has 0 saturated carbocycles. The fourth-order valence-corrected chi connectivity index (χ4v) is 1.50. The van der Waals surface area contributed by atoms with Crippen LogP contribution in [-0.4, -0.2) is 8.42 Å². The molecule has 5 heteroatoms. The molecule has 0 spiro atoms. The van der Waals surface area contributed by atoms with Crippen molar-refractivity contribution in [3.8, 4) is 0 Å². The molecule has 0 heterocycles. The van der Waals surface area contributed by atoms with E-state index in [0.29, 0.717) is 0 Å². The van der Waals surface area contributed by atoms with Gasteiger partial charge in [-0.1, -0.05) is 12.1 Å². The van der Waals surface area contributed by atoms with Crippen LogP contribution in [0.1, 0.15) is 18.5 Å². The first-order valence-electron chi connectivity index (χ1n) is 3.87. The largest absolute Gasteiger partial charge is 0.352 e. The molecule has 0 bridgehead atoms. The first-order chi connectivity index (χ1) is 5.91. The van der Waals surface area contributed by atoms with Gasteiger partial charge in [-0.3, -0.25) is 0 Å². The van der Waals surface area contributed by atoms with E-state index >= 15 is 0 Å². The third-order valence-corrected chi connectivity index (χ3v) is 2.71. The standard InChI is InChI=1S/C8H12N2O2S/c1-6(9)7-2-4-8(5-3-7)13(10,11)12/h2-6H,9H2,1H3,(H2,10,11,12)/p+1/t6-/m0/s1. The van der Waals surface area contributed by atoms with Gasteiger partial charge in [0.1, 0.15) is 6.04 Å². The number of benzene rings is 1. The summed E-state index contributed by atoms with van der Waals surface area (Å²) in [6.07, 6.45) is 0. The van der Waals surface area contributed by atoms with E-state index in [1.165, 1.54) is 12.1 Å². The second-order valence-electron chi connectivity index (χ2n) is 3.02. The lowest BCUT2D eigenvalue weighted by Gasteiger charge is -2.02. The minimum absolute atomic E-state index is 0.136. The van der Waals surface area contributed by atoms with Crippen molar-refractivity contribution in [2.75, 3.05) is 0 Å². The predicted octanol–water partition coefficient (Wildman–Crippen LogP) is -0.363. The van der Waals surface area contributed by atoms with Crippen molar-refractivity contribution in [3.63, 3.8) is 0 Å². The fourth-order valence-electron chi connectivity index (χ4n) is 0.986. The Balaban J connectivity index is 3.08. The van der Waals surface area contributed by atoms with Gasteiger partial charge in [0.2, 0.25) is 10.0 Å². The van der Waals surface area contributed by atoms with Crippen LogP contribution in [-0.2, 0) is 10.0 Å². The van der Waals surface area contributed by atoms with Crippen LogP contribution in [0.2, 0.25) is 0 Å². The summed E-state index contributed by atoms with van der Waals surface area (Å²) in [4.78, 5) is 0.136. The van der Waals surface area contributed by atoms with Crippen molar-refractivity contribution in [2.45, 2.75) is 17.9 Å². The molecule has 0 radical (unpaired) electrons. The Kier molecular flexibility index (Phi) is 2.70. The molecule has 13 heavy (non-hydrogen) atoms. The van der Waals surface area contributed by atoms with Gasteiger partial charge >= 0.3 is 0 Å². The smallest absolute Gasteiger partial charge is 0.238 e. The lowest BCUT2D eigenvalue weighted by molar-refractivity contribution is -0.420. The second kappa shape index (κ2) is 3.45. The fraction of sp³-hybridized carbons (Fsp3) is 0.250. The third-order valence-electron chi connectivity index (χ3n) is 1.78. The number of hydrogen-bond donors (Lipinski definition) is 2. The van der Waals surface area contributed by atoms with Crippen LogP contribution in [0, 0.1) is 0 Å². The Labute approximate surface area is 77.6 Å². The lowest BCUT2D eigenvalue weighted by atomic mass is 10.1. The van der Waals surface area contributed by atoms with Crippen LogP contribution >= 0.6 is 0 Å². The summed E-state index contributed by atoms with van der Waals surface area (Å²) in [6.45, 7) is 1.94. The molecule has 0 saturated heterocycles. The molecule has 0 aliphatic heterocycles. The Morgan fingerprint density at radius 2 is 1.77 bits per heavy atom. The summed E-state index contributed by atoms with van der Waals surface area (Å²) in [7, 11) is -3.57. The molecule has 0 unspecified atom stereocenters. The summed E-state index contributed by atoms with van der Waals surface area (Å²) in [5.74, 6) is 0. The average Bonchev–Trinajstić information content (AvgIpc) is 2.03. The van der Waals surface area contributed by atoms with E-state index in [4.69, 9.17) is 5.14 Å². The highest BCUT2D eigenvalue weighted by molar-refractivity contribution is 7.89. The molecule has 0 amide bonds. The molecule has 0 aliphatic carbocycles. The zero-order chi connectivity index (χ0) is 10.1. The number of primary sulfonamides is 1. The molecule has 1 aromatic carbocycles. The van der Waals surface area contributed by atoms with E-state index in [2.05, 4.69) is 5.73 Å². The van der Waals surface area contributed by atoms with Crippen molar-refractivity contribution < 1.29 is 14.2 Å². The van der Waals surface area contributed by atoms with E-state index in [0.717, 1.165) is 5.56 Å². The van der Waals surface area contributed by atoms with Gasteiger partial charge in [0.05, 0.1) is 4.90 Å². The predicted molar refractivity (Wildman–Crippen MR) is 49.1 cm³/mol. The quantitative estimate of drug-likeness (QED) is 0.684. The van der Waals surface area contributed by atoms with Gasteiger partial charge in [-0.15, -0.1) is 0 Å². The van der Waals surface area contributed by atoms with Gasteiger partial charge in [-0.2, -0.15) is 0 Å². The van der Waals surface area contributed by atoms with E-state index in [1.807, 2.05) is 6.92 Å². The number of sulfonamides is 1. The molecular weight excluding hydrogens is 188 g/mol. The van der Waals surface area contributed by atoms with Gasteiger partial charge in [-0.05, 0) is 19.1 Å². The molecule has 72 valence electrons. The molecule has 1 atom stereocenters. The SMILES string of the molecule is C[C@H]([NH3+])c1ccc(S(N)(=O)=O)cc1. The average molecular weight is 201 g/mol. The van der Waals surface area contributed by atoms with Gasteiger partial charge in [-0.25, -0.2) is 13.6 Å². The minimum Gasteiger partial charge on any atom is -0.352 e. The van der Waals surface area contributed by atoms with E-state index < -0.39 is 10.0 Å². The summed E-state index contributed by atoms with van der Waals surface area (Å²) in [6, 6.07) is 6.57. The van der Waals surface area contributed by atoms with Crippen LogP contribution in [0.25, 0.3) is 0 Å². The highest BCUT2D eigenvalue weighted by Crippen LogP contribution is 2.11. The van der Waals surface area contributed by atoms with E-state index in [9.17, 15) is 8.42 Å². The van der Waals surface area contributed by atoms with Crippen molar-refractivity contribution in [3.05, 3.63) is 29.8 Å². The Morgan fingerprint density at radius 1 is 1.31 bits per heavy atom. The zero-order valence-corrected chi connectivity index (χ0v) is 8.21. The maximum atomic E-state index is 10.9. The highest BCUT2D eigenvalue weighted by atomic mass is 32.2. The van der Waals surface area contributed by atoms with Crippen LogP contribution < -0.4 is 10.9 Å². The minimum atomic E-state index is -3.57. The zero-order valence-electron chi connectivity index (χ0n) is 7.40. The van der Waals surface area contributed by atoms with E-state index in [1.54, 1.807) is 12.1 Å². The highest BCUT2D eigenvalue weighted by Gasteiger charge is 2.08. The normalized spacial score (nSPS) is 14.1. The van der Waals surface area contributed by atoms with Gasteiger partial charge in [0, 0.05) is 5.56 Å². The van der Waals surface area contributed by atoms with Crippen LogP contribution in [0.5, 0.6) is 0 Å². The van der Waals surface area contributed by atoms with Gasteiger partial charge in [0.25, 0.3) is 0 Å². The molecule has 0 aromatic heterocycles. The van der Waals surface area contributed by atoms with Crippen LogP contribution in [0.3, 0.4) is 0 Å². The summed E-state index contributed by atoms with van der Waals surface area (Å²) in [5.41, 5.74) is 4.81. The Hall–Kier alpha value is -0.910. The van der Waals surface area contributed by atoms with Crippen molar-refractivity contribution in [1.82, 2.24) is 0 Å². The van der Waals surface area contributed by atoms with Crippen molar-refractivity contribution in [1.29, 1.82) is 0 Å². The van der Waals surface area contributed by atoms with Crippen molar-refractivity contribution in [2.24, 2.45) is 5.14 Å². The summed E-state index contributed by atoms with van der Waals surface area (Å²) in [5, 5.41) is 4.94. The molecule has 0 aliphatic rings. The number of hydrogen-bond acceptors (Lipinski definition) is 2. The van der Waals surface area contributed by atoms with E-state index in [-0.39, 0.29) is 10.9 Å². The molecular formula is C8H13N2O2S+. The van der Waals surface area contributed by atoms with Crippen LogP contribution in [0.15, 0.2) is 29.2 Å². The van der Waals surface area contributed by atoms with Gasteiger partial charge < -0.3 is 5.73 Å². The molecule has 0 fully saturated rings. The summed E-state index contributed by atoms with van der Waals surface area (Å²) < 4.78 is 21.8. The third kappa shape index (κ3) is 2.51. The maximum absolute atomic E-state index is 10.9. The number of nitrogens with two attached hydrogens (primary N) is 1. The number of quaternary nitrogens is 1. The van der Waals surface area contributed by atoms with Crippen molar-refractivity contribution >= 4 is 10.0 Å².